The number of halogens is 2. The quantitative estimate of drug-likeness (QED) is 0.816. The van der Waals surface area contributed by atoms with Crippen LogP contribution in [0.25, 0.3) is 0 Å². The summed E-state index contributed by atoms with van der Waals surface area (Å²) in [6, 6.07) is 4.14. The van der Waals surface area contributed by atoms with Gasteiger partial charge in [-0.05, 0) is 30.7 Å². The van der Waals surface area contributed by atoms with Gasteiger partial charge in [0, 0.05) is 5.56 Å². The SMILES string of the molecule is COc1ccc(C(F)F)c(C(C)O)c1. The van der Waals surface area contributed by atoms with Crippen LogP contribution in [0.5, 0.6) is 5.75 Å². The molecule has 1 aromatic rings. The molecular formula is C10H12F2O2. The van der Waals surface area contributed by atoms with Gasteiger partial charge >= 0.3 is 0 Å². The molecule has 78 valence electrons. The fourth-order valence-corrected chi connectivity index (χ4v) is 1.24. The minimum atomic E-state index is -2.58. The molecule has 1 atom stereocenters. The average molecular weight is 202 g/mol. The summed E-state index contributed by atoms with van der Waals surface area (Å²) in [4.78, 5) is 0. The lowest BCUT2D eigenvalue weighted by Crippen LogP contribution is -1.99. The van der Waals surface area contributed by atoms with E-state index < -0.39 is 12.5 Å². The fraction of sp³-hybridized carbons (Fsp3) is 0.400. The van der Waals surface area contributed by atoms with E-state index >= 15 is 0 Å². The predicted molar refractivity (Wildman–Crippen MR) is 48.6 cm³/mol. The van der Waals surface area contributed by atoms with Crippen molar-refractivity contribution in [1.82, 2.24) is 0 Å². The van der Waals surface area contributed by atoms with Gasteiger partial charge in [0.1, 0.15) is 5.75 Å². The maximum absolute atomic E-state index is 12.5. The summed E-state index contributed by atoms with van der Waals surface area (Å²) in [5.74, 6) is 0.463. The molecule has 0 radical (unpaired) electrons. The van der Waals surface area contributed by atoms with Crippen LogP contribution < -0.4 is 4.74 Å². The monoisotopic (exact) mass is 202 g/mol. The van der Waals surface area contributed by atoms with E-state index in [-0.39, 0.29) is 11.1 Å². The number of benzene rings is 1. The van der Waals surface area contributed by atoms with E-state index in [9.17, 15) is 13.9 Å². The number of hydrogen-bond donors (Lipinski definition) is 1. The molecule has 0 aromatic heterocycles. The molecule has 1 unspecified atom stereocenters. The Morgan fingerprint density at radius 2 is 1.93 bits per heavy atom. The maximum Gasteiger partial charge on any atom is 0.264 e. The highest BCUT2D eigenvalue weighted by atomic mass is 19.3. The molecule has 0 aliphatic heterocycles. The Morgan fingerprint density at radius 1 is 1.29 bits per heavy atom. The molecule has 14 heavy (non-hydrogen) atoms. The van der Waals surface area contributed by atoms with Crippen LogP contribution in [-0.2, 0) is 0 Å². The molecule has 1 rings (SSSR count). The summed E-state index contributed by atoms with van der Waals surface area (Å²) in [5.41, 5.74) is 0.0557. The van der Waals surface area contributed by atoms with Gasteiger partial charge in [0.15, 0.2) is 0 Å². The van der Waals surface area contributed by atoms with Crippen LogP contribution in [0.4, 0.5) is 8.78 Å². The van der Waals surface area contributed by atoms with E-state index in [2.05, 4.69) is 0 Å². The minimum Gasteiger partial charge on any atom is -0.497 e. The number of aliphatic hydroxyl groups is 1. The molecule has 0 fully saturated rings. The second-order valence-electron chi connectivity index (χ2n) is 2.97. The molecule has 0 amide bonds. The summed E-state index contributed by atoms with van der Waals surface area (Å²) in [6.07, 6.45) is -3.50. The van der Waals surface area contributed by atoms with Crippen LogP contribution >= 0.6 is 0 Å². The summed E-state index contributed by atoms with van der Waals surface area (Å²) in [7, 11) is 1.45. The van der Waals surface area contributed by atoms with Crippen molar-refractivity contribution in [2.45, 2.75) is 19.5 Å². The highest BCUT2D eigenvalue weighted by molar-refractivity contribution is 5.37. The van der Waals surface area contributed by atoms with Gasteiger partial charge in [-0.15, -0.1) is 0 Å². The van der Waals surface area contributed by atoms with Gasteiger partial charge in [-0.3, -0.25) is 0 Å². The summed E-state index contributed by atoms with van der Waals surface area (Å²) < 4.78 is 29.8. The topological polar surface area (TPSA) is 29.5 Å². The molecule has 0 saturated heterocycles. The van der Waals surface area contributed by atoms with E-state index in [1.807, 2.05) is 0 Å². The maximum atomic E-state index is 12.5. The number of aliphatic hydroxyl groups excluding tert-OH is 1. The van der Waals surface area contributed by atoms with E-state index in [1.54, 1.807) is 0 Å². The zero-order chi connectivity index (χ0) is 10.7. The normalized spacial score (nSPS) is 13.0. The van der Waals surface area contributed by atoms with Crippen molar-refractivity contribution < 1.29 is 18.6 Å². The average Bonchev–Trinajstić information content (AvgIpc) is 2.16. The van der Waals surface area contributed by atoms with Gasteiger partial charge in [-0.1, -0.05) is 0 Å². The second-order valence-corrected chi connectivity index (χ2v) is 2.97. The Balaban J connectivity index is 3.17. The number of rotatable bonds is 3. The van der Waals surface area contributed by atoms with Crippen molar-refractivity contribution in [3.8, 4) is 5.75 Å². The van der Waals surface area contributed by atoms with Crippen molar-refractivity contribution in [3.63, 3.8) is 0 Å². The van der Waals surface area contributed by atoms with Gasteiger partial charge in [0.25, 0.3) is 6.43 Å². The van der Waals surface area contributed by atoms with Crippen molar-refractivity contribution in [3.05, 3.63) is 29.3 Å². The minimum absolute atomic E-state index is 0.152. The Bertz CT molecular complexity index is 311. The van der Waals surface area contributed by atoms with E-state index in [1.165, 1.54) is 32.2 Å². The standard InChI is InChI=1S/C10H12F2O2/c1-6(13)9-5-7(14-2)3-4-8(9)10(11)12/h3-6,10,13H,1-2H3. The van der Waals surface area contributed by atoms with Crippen molar-refractivity contribution in [2.24, 2.45) is 0 Å². The molecule has 1 aromatic carbocycles. The molecular weight excluding hydrogens is 190 g/mol. The molecule has 0 aliphatic carbocycles. The first-order valence-corrected chi connectivity index (χ1v) is 4.20. The third-order valence-electron chi connectivity index (χ3n) is 1.98. The van der Waals surface area contributed by atoms with Crippen LogP contribution in [0.2, 0.25) is 0 Å². The number of methoxy groups -OCH3 is 1. The Labute approximate surface area is 81.1 Å². The molecule has 0 saturated carbocycles. The molecule has 0 aliphatic rings. The predicted octanol–water partition coefficient (Wildman–Crippen LogP) is 2.69. The van der Waals surface area contributed by atoms with Crippen LogP contribution in [-0.4, -0.2) is 12.2 Å². The molecule has 1 N–H and O–H groups in total. The first-order valence-electron chi connectivity index (χ1n) is 4.20. The first-order chi connectivity index (χ1) is 6.56. The largest absolute Gasteiger partial charge is 0.497 e. The van der Waals surface area contributed by atoms with Gasteiger partial charge < -0.3 is 9.84 Å². The third-order valence-corrected chi connectivity index (χ3v) is 1.98. The smallest absolute Gasteiger partial charge is 0.264 e. The van der Waals surface area contributed by atoms with Gasteiger partial charge in [0.2, 0.25) is 0 Å². The van der Waals surface area contributed by atoms with E-state index in [0.717, 1.165) is 0 Å². The van der Waals surface area contributed by atoms with Crippen LogP contribution in [0, 0.1) is 0 Å². The van der Waals surface area contributed by atoms with Crippen molar-refractivity contribution in [1.29, 1.82) is 0 Å². The zero-order valence-corrected chi connectivity index (χ0v) is 8.00. The molecule has 0 heterocycles. The van der Waals surface area contributed by atoms with E-state index in [4.69, 9.17) is 4.74 Å². The Hall–Kier alpha value is -1.16. The summed E-state index contributed by atoms with van der Waals surface area (Å²) in [6.45, 7) is 1.45. The highest BCUT2D eigenvalue weighted by Gasteiger charge is 2.16. The van der Waals surface area contributed by atoms with Crippen LogP contribution in [0.15, 0.2) is 18.2 Å². The number of hydrogen-bond acceptors (Lipinski definition) is 2. The number of alkyl halides is 2. The van der Waals surface area contributed by atoms with Crippen LogP contribution in [0.3, 0.4) is 0 Å². The summed E-state index contributed by atoms with van der Waals surface area (Å²) >= 11 is 0. The van der Waals surface area contributed by atoms with Gasteiger partial charge in [0.05, 0.1) is 13.2 Å². The first kappa shape index (κ1) is 10.9. The van der Waals surface area contributed by atoms with Gasteiger partial charge in [-0.2, -0.15) is 0 Å². The highest BCUT2D eigenvalue weighted by Crippen LogP contribution is 2.30. The number of ether oxygens (including phenoxy) is 1. The third kappa shape index (κ3) is 2.20. The van der Waals surface area contributed by atoms with Gasteiger partial charge in [-0.25, -0.2) is 8.78 Å². The lowest BCUT2D eigenvalue weighted by molar-refractivity contribution is 0.140. The Kier molecular flexibility index (Phi) is 3.41. The summed E-state index contributed by atoms with van der Waals surface area (Å²) in [5, 5.41) is 9.28. The Morgan fingerprint density at radius 3 is 2.36 bits per heavy atom. The zero-order valence-electron chi connectivity index (χ0n) is 8.00. The lowest BCUT2D eigenvalue weighted by Gasteiger charge is -2.12. The molecule has 2 nitrogen and oxygen atoms in total. The van der Waals surface area contributed by atoms with Crippen LogP contribution in [0.1, 0.15) is 30.6 Å². The lowest BCUT2D eigenvalue weighted by atomic mass is 10.0. The van der Waals surface area contributed by atoms with Crippen molar-refractivity contribution >= 4 is 0 Å². The molecule has 0 spiro atoms. The molecule has 0 bridgehead atoms. The fourth-order valence-electron chi connectivity index (χ4n) is 1.24. The van der Waals surface area contributed by atoms with Crippen molar-refractivity contribution in [2.75, 3.05) is 7.11 Å². The second kappa shape index (κ2) is 4.37. The van der Waals surface area contributed by atoms with E-state index in [0.29, 0.717) is 5.75 Å². The molecule has 4 heteroatoms.